The van der Waals surface area contributed by atoms with Crippen LogP contribution in [-0.2, 0) is 34.8 Å². The predicted octanol–water partition coefficient (Wildman–Crippen LogP) is 3.11. The van der Waals surface area contributed by atoms with Crippen LogP contribution in [0.4, 0.5) is 5.69 Å². The molecule has 0 radical (unpaired) electrons. The van der Waals surface area contributed by atoms with Gasteiger partial charge in [0.15, 0.2) is 9.84 Å². The SMILES string of the molecule is CC#Cc1ccc(N(C)C)c(CN(C=O)Cc2ccc(S(C)(=O)=O)cc2)c1.Cn1ccnc1. The number of hydrogen-bond donors (Lipinski definition) is 0. The second kappa shape index (κ2) is 11.9. The summed E-state index contributed by atoms with van der Waals surface area (Å²) in [6.45, 7) is 2.62. The van der Waals surface area contributed by atoms with Crippen LogP contribution in [0.1, 0.15) is 23.6 Å². The van der Waals surface area contributed by atoms with Crippen molar-refractivity contribution in [3.8, 4) is 11.8 Å². The number of rotatable bonds is 7. The van der Waals surface area contributed by atoms with Crippen LogP contribution in [-0.4, -0.2) is 49.6 Å². The second-order valence-electron chi connectivity index (χ2n) is 7.77. The minimum atomic E-state index is -3.23. The first-order valence-electron chi connectivity index (χ1n) is 10.3. The van der Waals surface area contributed by atoms with E-state index in [0.717, 1.165) is 28.8 Å². The summed E-state index contributed by atoms with van der Waals surface area (Å²) in [5, 5.41) is 0. The summed E-state index contributed by atoms with van der Waals surface area (Å²) in [7, 11) is 2.62. The molecule has 0 spiro atoms. The number of imidazole rings is 1. The molecule has 0 aliphatic rings. The van der Waals surface area contributed by atoms with Gasteiger partial charge in [0.25, 0.3) is 0 Å². The summed E-state index contributed by atoms with van der Waals surface area (Å²) >= 11 is 0. The summed E-state index contributed by atoms with van der Waals surface area (Å²) in [6.07, 6.45) is 7.37. The van der Waals surface area contributed by atoms with Gasteiger partial charge in [-0.2, -0.15) is 0 Å². The Morgan fingerprint density at radius 2 is 1.79 bits per heavy atom. The maximum absolute atomic E-state index is 11.6. The molecule has 0 saturated carbocycles. The number of hydrogen-bond acceptors (Lipinski definition) is 5. The smallest absolute Gasteiger partial charge is 0.210 e. The van der Waals surface area contributed by atoms with E-state index in [4.69, 9.17) is 0 Å². The average Bonchev–Trinajstić information content (AvgIpc) is 3.24. The second-order valence-corrected chi connectivity index (χ2v) is 9.78. The molecule has 0 aliphatic carbocycles. The lowest BCUT2D eigenvalue weighted by Gasteiger charge is -2.23. The zero-order valence-electron chi connectivity index (χ0n) is 19.7. The Hall–Kier alpha value is -3.57. The molecule has 1 amide bonds. The van der Waals surface area contributed by atoms with E-state index in [2.05, 4.69) is 16.8 Å². The van der Waals surface area contributed by atoms with Crippen molar-refractivity contribution >= 4 is 21.9 Å². The Labute approximate surface area is 196 Å². The summed E-state index contributed by atoms with van der Waals surface area (Å²) in [5.41, 5.74) is 3.79. The molecule has 2 aromatic carbocycles. The predicted molar refractivity (Wildman–Crippen MR) is 131 cm³/mol. The molecule has 3 aromatic rings. The molecule has 33 heavy (non-hydrogen) atoms. The fourth-order valence-electron chi connectivity index (χ4n) is 3.12. The highest BCUT2D eigenvalue weighted by molar-refractivity contribution is 7.90. The first kappa shape index (κ1) is 25.7. The zero-order valence-corrected chi connectivity index (χ0v) is 20.5. The fourth-order valence-corrected chi connectivity index (χ4v) is 3.75. The van der Waals surface area contributed by atoms with Crippen LogP contribution in [0, 0.1) is 11.8 Å². The number of carbonyl (C=O) groups is 1. The number of aromatic nitrogens is 2. The Bertz CT molecular complexity index is 1210. The summed E-state index contributed by atoms with van der Waals surface area (Å²) in [6, 6.07) is 12.6. The molecule has 1 aromatic heterocycles. The van der Waals surface area contributed by atoms with Gasteiger partial charge in [-0.3, -0.25) is 4.79 Å². The highest BCUT2D eigenvalue weighted by atomic mass is 32.2. The molecule has 3 rings (SSSR count). The Kier molecular flexibility index (Phi) is 9.25. The lowest BCUT2D eigenvalue weighted by atomic mass is 10.1. The highest BCUT2D eigenvalue weighted by Crippen LogP contribution is 2.22. The van der Waals surface area contributed by atoms with Crippen LogP contribution in [0.15, 0.2) is 66.1 Å². The van der Waals surface area contributed by atoms with Crippen LogP contribution in [0.25, 0.3) is 0 Å². The number of amides is 1. The van der Waals surface area contributed by atoms with Gasteiger partial charge in [0.2, 0.25) is 6.41 Å². The van der Waals surface area contributed by atoms with Crippen LogP contribution in [0.5, 0.6) is 0 Å². The van der Waals surface area contributed by atoms with Crippen molar-refractivity contribution in [1.29, 1.82) is 0 Å². The van der Waals surface area contributed by atoms with Gasteiger partial charge >= 0.3 is 0 Å². The Morgan fingerprint density at radius 3 is 2.24 bits per heavy atom. The molecule has 0 bridgehead atoms. The summed E-state index contributed by atoms with van der Waals surface area (Å²) in [4.78, 5) is 19.3. The van der Waals surface area contributed by atoms with Crippen LogP contribution < -0.4 is 4.90 Å². The molecule has 8 heteroatoms. The van der Waals surface area contributed by atoms with E-state index in [0.29, 0.717) is 13.1 Å². The lowest BCUT2D eigenvalue weighted by molar-refractivity contribution is -0.119. The van der Waals surface area contributed by atoms with Gasteiger partial charge in [0, 0.05) is 64.1 Å². The van der Waals surface area contributed by atoms with Crippen molar-refractivity contribution in [2.45, 2.75) is 24.9 Å². The highest BCUT2D eigenvalue weighted by Gasteiger charge is 2.12. The number of anilines is 1. The molecule has 0 fully saturated rings. The molecule has 174 valence electrons. The maximum Gasteiger partial charge on any atom is 0.210 e. The van der Waals surface area contributed by atoms with Crippen molar-refractivity contribution in [2.75, 3.05) is 25.3 Å². The van der Waals surface area contributed by atoms with E-state index in [1.165, 1.54) is 6.26 Å². The van der Waals surface area contributed by atoms with Gasteiger partial charge in [0.1, 0.15) is 0 Å². The van der Waals surface area contributed by atoms with Crippen molar-refractivity contribution in [1.82, 2.24) is 14.5 Å². The molecule has 7 nitrogen and oxygen atoms in total. The van der Waals surface area contributed by atoms with E-state index in [1.807, 2.05) is 55.0 Å². The lowest BCUT2D eigenvalue weighted by Crippen LogP contribution is -2.23. The van der Waals surface area contributed by atoms with Gasteiger partial charge in [-0.1, -0.05) is 18.1 Å². The fraction of sp³-hybridized carbons (Fsp3) is 0.280. The average molecular weight is 467 g/mol. The molecule has 0 N–H and O–H groups in total. The third kappa shape index (κ3) is 8.13. The van der Waals surface area contributed by atoms with E-state index in [1.54, 1.807) is 48.6 Å². The van der Waals surface area contributed by atoms with Gasteiger partial charge in [-0.15, -0.1) is 5.92 Å². The summed E-state index contributed by atoms with van der Waals surface area (Å²) in [5.74, 6) is 5.93. The van der Waals surface area contributed by atoms with Crippen molar-refractivity contribution in [2.24, 2.45) is 7.05 Å². The topological polar surface area (TPSA) is 75.5 Å². The molecule has 0 saturated heterocycles. The van der Waals surface area contributed by atoms with Gasteiger partial charge in [0.05, 0.1) is 11.2 Å². The van der Waals surface area contributed by atoms with Gasteiger partial charge < -0.3 is 14.4 Å². The first-order chi connectivity index (χ1) is 15.6. The molecular weight excluding hydrogens is 436 g/mol. The van der Waals surface area contributed by atoms with E-state index in [9.17, 15) is 13.2 Å². The Balaban J connectivity index is 0.000000554. The van der Waals surface area contributed by atoms with Crippen molar-refractivity contribution < 1.29 is 13.2 Å². The zero-order chi connectivity index (χ0) is 24.4. The molecule has 0 aliphatic heterocycles. The minimum Gasteiger partial charge on any atom is -0.377 e. The quantitative estimate of drug-likeness (QED) is 0.395. The van der Waals surface area contributed by atoms with Gasteiger partial charge in [-0.25, -0.2) is 13.4 Å². The molecular formula is C25H30N4O3S. The minimum absolute atomic E-state index is 0.268. The first-order valence-corrected chi connectivity index (χ1v) is 12.2. The molecule has 1 heterocycles. The third-order valence-corrected chi connectivity index (χ3v) is 5.86. The van der Waals surface area contributed by atoms with E-state index in [-0.39, 0.29) is 4.90 Å². The number of aryl methyl sites for hydroxylation is 1. The van der Waals surface area contributed by atoms with Crippen molar-refractivity contribution in [3.63, 3.8) is 0 Å². The van der Waals surface area contributed by atoms with Gasteiger partial charge in [-0.05, 0) is 48.4 Å². The number of carbonyl (C=O) groups excluding carboxylic acids is 1. The monoisotopic (exact) mass is 466 g/mol. The van der Waals surface area contributed by atoms with Crippen LogP contribution in [0.2, 0.25) is 0 Å². The normalized spacial score (nSPS) is 10.3. The molecule has 0 atom stereocenters. The number of nitrogens with zero attached hydrogens (tertiary/aromatic N) is 4. The largest absolute Gasteiger partial charge is 0.377 e. The van der Waals surface area contributed by atoms with Crippen molar-refractivity contribution in [3.05, 3.63) is 77.9 Å². The Morgan fingerprint density at radius 1 is 1.09 bits per heavy atom. The number of sulfone groups is 1. The van der Waals surface area contributed by atoms with Crippen LogP contribution >= 0.6 is 0 Å². The maximum atomic E-state index is 11.6. The van der Waals surface area contributed by atoms with E-state index < -0.39 is 9.84 Å². The van der Waals surface area contributed by atoms with E-state index >= 15 is 0 Å². The number of benzene rings is 2. The summed E-state index contributed by atoms with van der Waals surface area (Å²) < 4.78 is 25.0. The molecule has 0 unspecified atom stereocenters. The van der Waals surface area contributed by atoms with Crippen LogP contribution in [0.3, 0.4) is 0 Å². The standard InChI is InChI=1S/C21H24N2O3S.C4H6N2/c1-5-6-17-9-12-21(22(2)3)19(13-17)15-23(16-24)14-18-7-10-20(11-8-18)27(4,25)26;1-6-3-2-5-4-6/h7-13,16H,14-15H2,1-4H3;2-4H,1H3. The third-order valence-electron chi connectivity index (χ3n) is 4.73.